The van der Waals surface area contributed by atoms with Gasteiger partial charge in [-0.05, 0) is 42.7 Å². The lowest BCUT2D eigenvalue weighted by Gasteiger charge is -2.15. The molecule has 2 aromatic carbocycles. The number of nitrogens with one attached hydrogen (secondary N) is 1. The Bertz CT molecular complexity index is 623. The Labute approximate surface area is 134 Å². The zero-order valence-corrected chi connectivity index (χ0v) is 13.2. The average Bonchev–Trinajstić information content (AvgIpc) is 2.53. The van der Waals surface area contributed by atoms with E-state index in [1.54, 1.807) is 13.2 Å². The highest BCUT2D eigenvalue weighted by Gasteiger charge is 2.30. The van der Waals surface area contributed by atoms with Crippen LogP contribution in [0, 0.1) is 0 Å². The molecule has 0 aromatic heterocycles. The molecule has 2 aromatic rings. The van der Waals surface area contributed by atoms with E-state index < -0.39 is 11.7 Å². The Balaban J connectivity index is 1.90. The van der Waals surface area contributed by atoms with E-state index >= 15 is 0 Å². The molecule has 0 fully saturated rings. The van der Waals surface area contributed by atoms with Gasteiger partial charge in [0.05, 0.1) is 12.7 Å². The number of hydrogen-bond acceptors (Lipinski definition) is 2. The number of methoxy groups -OCH3 is 1. The maximum atomic E-state index is 12.7. The van der Waals surface area contributed by atoms with E-state index in [-0.39, 0.29) is 6.04 Å². The molecule has 1 N–H and O–H groups in total. The molecule has 124 valence electrons. The van der Waals surface area contributed by atoms with Crippen LogP contribution in [0.1, 0.15) is 23.6 Å². The minimum atomic E-state index is -4.30. The maximum Gasteiger partial charge on any atom is 0.416 e. The van der Waals surface area contributed by atoms with Gasteiger partial charge in [0, 0.05) is 12.6 Å². The number of benzene rings is 2. The van der Waals surface area contributed by atoms with Crippen LogP contribution in [-0.4, -0.2) is 13.2 Å². The summed E-state index contributed by atoms with van der Waals surface area (Å²) in [5.41, 5.74) is 1.16. The fourth-order valence-corrected chi connectivity index (χ4v) is 2.34. The zero-order valence-electron chi connectivity index (χ0n) is 13.2. The molecule has 5 heteroatoms. The standard InChI is InChI=1S/C18H20F3NO/c1-13(10-14-6-8-17(23-2)9-7-14)22-12-15-4-3-5-16(11-15)18(19,20)21/h3-9,11,13,22H,10,12H2,1-2H3/t13-/m1/s1. The van der Waals surface area contributed by atoms with Gasteiger partial charge < -0.3 is 10.1 Å². The molecule has 0 saturated heterocycles. The Morgan fingerprint density at radius 1 is 1.04 bits per heavy atom. The molecular formula is C18H20F3NO. The van der Waals surface area contributed by atoms with E-state index in [0.29, 0.717) is 12.1 Å². The van der Waals surface area contributed by atoms with E-state index in [2.05, 4.69) is 5.32 Å². The van der Waals surface area contributed by atoms with Crippen molar-refractivity contribution in [3.63, 3.8) is 0 Å². The second-order valence-corrected chi connectivity index (χ2v) is 5.53. The molecule has 1 atom stereocenters. The van der Waals surface area contributed by atoms with Crippen molar-refractivity contribution in [3.05, 3.63) is 65.2 Å². The van der Waals surface area contributed by atoms with Gasteiger partial charge >= 0.3 is 6.18 Å². The minimum Gasteiger partial charge on any atom is -0.497 e. The second kappa shape index (κ2) is 7.51. The van der Waals surface area contributed by atoms with E-state index in [1.165, 1.54) is 12.1 Å². The normalized spacial score (nSPS) is 12.9. The van der Waals surface area contributed by atoms with Gasteiger partial charge in [0.1, 0.15) is 5.75 Å². The van der Waals surface area contributed by atoms with Crippen LogP contribution in [0.15, 0.2) is 48.5 Å². The lowest BCUT2D eigenvalue weighted by Crippen LogP contribution is -2.27. The number of ether oxygens (including phenoxy) is 1. The quantitative estimate of drug-likeness (QED) is 0.849. The predicted octanol–water partition coefficient (Wildman–Crippen LogP) is 4.43. The van der Waals surface area contributed by atoms with Crippen molar-refractivity contribution in [2.45, 2.75) is 32.1 Å². The SMILES string of the molecule is COc1ccc(C[C@@H](C)NCc2cccc(C(F)(F)F)c2)cc1. The van der Waals surface area contributed by atoms with Gasteiger partial charge in [-0.1, -0.05) is 30.3 Å². The lowest BCUT2D eigenvalue weighted by molar-refractivity contribution is -0.137. The summed E-state index contributed by atoms with van der Waals surface area (Å²) >= 11 is 0. The first kappa shape index (κ1) is 17.3. The third-order valence-corrected chi connectivity index (χ3v) is 3.61. The number of hydrogen-bond donors (Lipinski definition) is 1. The molecule has 0 aliphatic rings. The van der Waals surface area contributed by atoms with E-state index in [1.807, 2.05) is 31.2 Å². The van der Waals surface area contributed by atoms with Crippen LogP contribution in [0.25, 0.3) is 0 Å². The average molecular weight is 323 g/mol. The lowest BCUT2D eigenvalue weighted by atomic mass is 10.1. The summed E-state index contributed by atoms with van der Waals surface area (Å²) in [5.74, 6) is 0.804. The molecule has 0 aliphatic carbocycles. The zero-order chi connectivity index (χ0) is 16.9. The Hall–Kier alpha value is -2.01. The molecule has 2 rings (SSSR count). The van der Waals surface area contributed by atoms with Crippen molar-refractivity contribution in [3.8, 4) is 5.75 Å². The maximum absolute atomic E-state index is 12.7. The molecule has 0 amide bonds. The first-order valence-corrected chi connectivity index (χ1v) is 7.41. The van der Waals surface area contributed by atoms with Gasteiger partial charge in [0.15, 0.2) is 0 Å². The molecule has 0 unspecified atom stereocenters. The van der Waals surface area contributed by atoms with Crippen molar-refractivity contribution < 1.29 is 17.9 Å². The van der Waals surface area contributed by atoms with Crippen molar-refractivity contribution in [2.24, 2.45) is 0 Å². The van der Waals surface area contributed by atoms with Gasteiger partial charge in [-0.2, -0.15) is 13.2 Å². The summed E-state index contributed by atoms with van der Waals surface area (Å²) < 4.78 is 43.2. The molecular weight excluding hydrogens is 303 g/mol. The molecule has 0 radical (unpaired) electrons. The van der Waals surface area contributed by atoms with Crippen LogP contribution in [0.2, 0.25) is 0 Å². The van der Waals surface area contributed by atoms with E-state index in [4.69, 9.17) is 4.74 Å². The van der Waals surface area contributed by atoms with Gasteiger partial charge in [0.25, 0.3) is 0 Å². The predicted molar refractivity (Wildman–Crippen MR) is 84.4 cm³/mol. The molecule has 0 saturated carbocycles. The molecule has 23 heavy (non-hydrogen) atoms. The van der Waals surface area contributed by atoms with Crippen molar-refractivity contribution in [1.82, 2.24) is 5.32 Å². The van der Waals surface area contributed by atoms with Crippen LogP contribution in [0.5, 0.6) is 5.75 Å². The summed E-state index contributed by atoms with van der Waals surface area (Å²) in [7, 11) is 1.62. The molecule has 0 heterocycles. The summed E-state index contributed by atoms with van der Waals surface area (Å²) in [6.45, 7) is 2.42. The highest BCUT2D eigenvalue weighted by molar-refractivity contribution is 5.28. The summed E-state index contributed by atoms with van der Waals surface area (Å²) in [6, 6.07) is 13.3. The topological polar surface area (TPSA) is 21.3 Å². The summed E-state index contributed by atoms with van der Waals surface area (Å²) in [4.78, 5) is 0. The van der Waals surface area contributed by atoms with Gasteiger partial charge in [0.2, 0.25) is 0 Å². The molecule has 0 aliphatic heterocycles. The number of rotatable bonds is 6. The van der Waals surface area contributed by atoms with Crippen LogP contribution in [-0.2, 0) is 19.1 Å². The van der Waals surface area contributed by atoms with Gasteiger partial charge in [-0.3, -0.25) is 0 Å². The largest absolute Gasteiger partial charge is 0.497 e. The number of alkyl halides is 3. The molecule has 2 nitrogen and oxygen atoms in total. The Morgan fingerprint density at radius 2 is 1.74 bits per heavy atom. The highest BCUT2D eigenvalue weighted by atomic mass is 19.4. The monoisotopic (exact) mass is 323 g/mol. The molecule has 0 spiro atoms. The van der Waals surface area contributed by atoms with Crippen molar-refractivity contribution >= 4 is 0 Å². The van der Waals surface area contributed by atoms with Crippen molar-refractivity contribution in [1.29, 1.82) is 0 Å². The first-order chi connectivity index (χ1) is 10.9. The smallest absolute Gasteiger partial charge is 0.416 e. The Morgan fingerprint density at radius 3 is 2.35 bits per heavy atom. The molecule has 0 bridgehead atoms. The first-order valence-electron chi connectivity index (χ1n) is 7.41. The fourth-order valence-electron chi connectivity index (χ4n) is 2.34. The van der Waals surface area contributed by atoms with Gasteiger partial charge in [-0.15, -0.1) is 0 Å². The third kappa shape index (κ3) is 5.28. The summed E-state index contributed by atoms with van der Waals surface area (Å²) in [6.07, 6.45) is -3.51. The third-order valence-electron chi connectivity index (χ3n) is 3.61. The van der Waals surface area contributed by atoms with Crippen LogP contribution < -0.4 is 10.1 Å². The van der Waals surface area contributed by atoms with E-state index in [0.717, 1.165) is 23.8 Å². The number of halogens is 3. The highest BCUT2D eigenvalue weighted by Crippen LogP contribution is 2.29. The van der Waals surface area contributed by atoms with Crippen molar-refractivity contribution in [2.75, 3.05) is 7.11 Å². The van der Waals surface area contributed by atoms with Crippen LogP contribution >= 0.6 is 0 Å². The fraction of sp³-hybridized carbons (Fsp3) is 0.333. The van der Waals surface area contributed by atoms with E-state index in [9.17, 15) is 13.2 Å². The second-order valence-electron chi connectivity index (χ2n) is 5.53. The summed E-state index contributed by atoms with van der Waals surface area (Å²) in [5, 5.41) is 3.26. The van der Waals surface area contributed by atoms with Crippen LogP contribution in [0.3, 0.4) is 0 Å². The van der Waals surface area contributed by atoms with Gasteiger partial charge in [-0.25, -0.2) is 0 Å². The Kier molecular flexibility index (Phi) is 5.66. The van der Waals surface area contributed by atoms with Crippen LogP contribution in [0.4, 0.5) is 13.2 Å². The minimum absolute atomic E-state index is 0.151.